The first-order chi connectivity index (χ1) is 10.8. The fourth-order valence-electron chi connectivity index (χ4n) is 2.61. The van der Waals surface area contributed by atoms with Gasteiger partial charge in [0, 0.05) is 13.1 Å². The SMILES string of the molecule is CC1(C)OB(C2=CCN(C(=O)Nc3cccs3)CC2)OC1(C)C. The Labute approximate surface area is 141 Å². The summed E-state index contributed by atoms with van der Waals surface area (Å²) in [6.45, 7) is 9.46. The number of carbonyl (C=O) groups excluding carboxylic acids is 1. The van der Waals surface area contributed by atoms with Crippen molar-refractivity contribution < 1.29 is 14.1 Å². The maximum Gasteiger partial charge on any atom is 0.490 e. The summed E-state index contributed by atoms with van der Waals surface area (Å²) in [5.41, 5.74) is 0.474. The van der Waals surface area contributed by atoms with E-state index in [4.69, 9.17) is 9.31 Å². The van der Waals surface area contributed by atoms with Crippen molar-refractivity contribution in [1.29, 1.82) is 0 Å². The van der Waals surface area contributed by atoms with Crippen LogP contribution in [0.15, 0.2) is 29.1 Å². The van der Waals surface area contributed by atoms with Crippen molar-refractivity contribution in [3.8, 4) is 0 Å². The van der Waals surface area contributed by atoms with Gasteiger partial charge < -0.3 is 14.2 Å². The van der Waals surface area contributed by atoms with Gasteiger partial charge in [-0.15, -0.1) is 11.3 Å². The van der Waals surface area contributed by atoms with Crippen LogP contribution in [0.2, 0.25) is 0 Å². The molecule has 0 bridgehead atoms. The first kappa shape index (κ1) is 16.5. The zero-order valence-corrected chi connectivity index (χ0v) is 14.9. The van der Waals surface area contributed by atoms with Crippen molar-refractivity contribution >= 4 is 29.5 Å². The van der Waals surface area contributed by atoms with Gasteiger partial charge in [-0.05, 0) is 57.1 Å². The summed E-state index contributed by atoms with van der Waals surface area (Å²) >= 11 is 1.52. The first-order valence-corrected chi connectivity index (χ1v) is 8.80. The number of carbonyl (C=O) groups is 1. The van der Waals surface area contributed by atoms with Crippen LogP contribution in [0.5, 0.6) is 0 Å². The highest BCUT2D eigenvalue weighted by atomic mass is 32.1. The van der Waals surface area contributed by atoms with Crippen LogP contribution in [0, 0.1) is 0 Å². The molecule has 0 radical (unpaired) electrons. The van der Waals surface area contributed by atoms with Crippen molar-refractivity contribution in [3.05, 3.63) is 29.1 Å². The quantitative estimate of drug-likeness (QED) is 0.842. The minimum atomic E-state index is -0.327. The second kappa shape index (κ2) is 5.96. The van der Waals surface area contributed by atoms with Crippen LogP contribution in [0.3, 0.4) is 0 Å². The highest BCUT2D eigenvalue weighted by Gasteiger charge is 2.52. The minimum Gasteiger partial charge on any atom is -0.400 e. The molecular formula is C16H23BN2O3S. The Morgan fingerprint density at radius 2 is 2.00 bits per heavy atom. The highest BCUT2D eigenvalue weighted by Crippen LogP contribution is 2.39. The molecule has 1 aromatic heterocycles. The third kappa shape index (κ3) is 3.32. The predicted molar refractivity (Wildman–Crippen MR) is 93.7 cm³/mol. The van der Waals surface area contributed by atoms with Crippen LogP contribution >= 0.6 is 11.3 Å². The lowest BCUT2D eigenvalue weighted by atomic mass is 9.75. The number of rotatable bonds is 2. The van der Waals surface area contributed by atoms with Gasteiger partial charge in [0.1, 0.15) is 0 Å². The number of urea groups is 1. The van der Waals surface area contributed by atoms with Crippen LogP contribution in [0.1, 0.15) is 34.1 Å². The Morgan fingerprint density at radius 3 is 2.52 bits per heavy atom. The topological polar surface area (TPSA) is 50.8 Å². The Balaban J connectivity index is 1.60. The van der Waals surface area contributed by atoms with E-state index in [0.717, 1.165) is 16.9 Å². The number of anilines is 1. The number of amides is 2. The van der Waals surface area contributed by atoms with Crippen LogP contribution in [0.25, 0.3) is 0 Å². The van der Waals surface area contributed by atoms with Gasteiger partial charge >= 0.3 is 13.1 Å². The van der Waals surface area contributed by atoms with Crippen LogP contribution in [0.4, 0.5) is 9.80 Å². The van der Waals surface area contributed by atoms with Crippen molar-refractivity contribution in [2.24, 2.45) is 0 Å². The van der Waals surface area contributed by atoms with E-state index in [-0.39, 0.29) is 24.4 Å². The maximum atomic E-state index is 12.2. The monoisotopic (exact) mass is 334 g/mol. The second-order valence-electron chi connectivity index (χ2n) is 6.97. The molecule has 1 fully saturated rings. The third-order valence-corrected chi connectivity index (χ3v) is 5.62. The highest BCUT2D eigenvalue weighted by molar-refractivity contribution is 7.14. The second-order valence-corrected chi connectivity index (χ2v) is 7.92. The normalized spacial score (nSPS) is 22.9. The summed E-state index contributed by atoms with van der Waals surface area (Å²) in [5, 5.41) is 5.73. The number of nitrogens with zero attached hydrogens (tertiary/aromatic N) is 1. The molecule has 1 N–H and O–H groups in total. The van der Waals surface area contributed by atoms with Crippen molar-refractivity contribution in [2.75, 3.05) is 18.4 Å². The van der Waals surface area contributed by atoms with E-state index in [1.165, 1.54) is 11.3 Å². The van der Waals surface area contributed by atoms with Crippen molar-refractivity contribution in [3.63, 3.8) is 0 Å². The number of hydrogen-bond donors (Lipinski definition) is 1. The van der Waals surface area contributed by atoms with Gasteiger partial charge in [-0.25, -0.2) is 4.79 Å². The molecule has 2 amide bonds. The molecule has 0 spiro atoms. The Kier molecular flexibility index (Phi) is 4.29. The van der Waals surface area contributed by atoms with E-state index in [2.05, 4.69) is 39.1 Å². The van der Waals surface area contributed by atoms with E-state index < -0.39 is 0 Å². The summed E-state index contributed by atoms with van der Waals surface area (Å²) < 4.78 is 12.2. The van der Waals surface area contributed by atoms with Crippen molar-refractivity contribution in [2.45, 2.75) is 45.3 Å². The first-order valence-electron chi connectivity index (χ1n) is 7.92. The summed E-state index contributed by atoms with van der Waals surface area (Å²) in [6, 6.07) is 3.77. The van der Waals surface area contributed by atoms with Crippen LogP contribution < -0.4 is 5.32 Å². The molecule has 7 heteroatoms. The molecule has 2 aliphatic rings. The largest absolute Gasteiger partial charge is 0.490 e. The minimum absolute atomic E-state index is 0.0586. The van der Waals surface area contributed by atoms with E-state index >= 15 is 0 Å². The Hall–Kier alpha value is -1.31. The fraction of sp³-hybridized carbons (Fsp3) is 0.562. The Bertz CT molecular complexity index is 597. The van der Waals surface area contributed by atoms with Crippen molar-refractivity contribution in [1.82, 2.24) is 4.90 Å². The molecule has 0 aromatic carbocycles. The molecule has 124 valence electrons. The zero-order chi connectivity index (χ0) is 16.7. The molecule has 3 rings (SSSR count). The number of hydrogen-bond acceptors (Lipinski definition) is 4. The average Bonchev–Trinajstić information content (AvgIpc) is 3.05. The molecule has 2 aliphatic heterocycles. The van der Waals surface area contributed by atoms with Gasteiger partial charge in [0.25, 0.3) is 0 Å². The summed E-state index contributed by atoms with van der Waals surface area (Å²) in [6.07, 6.45) is 2.83. The smallest absolute Gasteiger partial charge is 0.400 e. The number of nitrogens with one attached hydrogen (secondary N) is 1. The van der Waals surface area contributed by atoms with Gasteiger partial charge in [-0.3, -0.25) is 5.32 Å². The molecule has 23 heavy (non-hydrogen) atoms. The number of thiophene rings is 1. The molecular weight excluding hydrogens is 311 g/mol. The summed E-state index contributed by atoms with van der Waals surface area (Å²) in [7, 11) is -0.303. The summed E-state index contributed by atoms with van der Waals surface area (Å²) in [4.78, 5) is 14.0. The van der Waals surface area contributed by atoms with Gasteiger partial charge in [0.2, 0.25) is 0 Å². The van der Waals surface area contributed by atoms with E-state index in [1.807, 2.05) is 17.5 Å². The third-order valence-electron chi connectivity index (χ3n) is 4.84. The van der Waals surface area contributed by atoms with E-state index in [0.29, 0.717) is 13.1 Å². The standard InChI is InChI=1S/C16H23BN2O3S/c1-15(2)16(3,4)22-17(21-15)12-7-9-19(10-8-12)14(20)18-13-6-5-11-23-13/h5-7,11H,8-10H2,1-4H3,(H,18,20). The van der Waals surface area contributed by atoms with E-state index in [9.17, 15) is 4.79 Å². The van der Waals surface area contributed by atoms with Gasteiger partial charge in [-0.1, -0.05) is 6.08 Å². The van der Waals surface area contributed by atoms with Gasteiger partial charge in [0.15, 0.2) is 0 Å². The van der Waals surface area contributed by atoms with E-state index in [1.54, 1.807) is 4.90 Å². The molecule has 3 heterocycles. The molecule has 1 aromatic rings. The molecule has 0 atom stereocenters. The lowest BCUT2D eigenvalue weighted by Crippen LogP contribution is -2.41. The lowest BCUT2D eigenvalue weighted by Gasteiger charge is -2.32. The summed E-state index contributed by atoms with van der Waals surface area (Å²) in [5.74, 6) is 0. The molecule has 1 saturated heterocycles. The van der Waals surface area contributed by atoms with Gasteiger partial charge in [-0.2, -0.15) is 0 Å². The molecule has 5 nitrogen and oxygen atoms in total. The average molecular weight is 334 g/mol. The fourth-order valence-corrected chi connectivity index (χ4v) is 3.22. The zero-order valence-electron chi connectivity index (χ0n) is 14.1. The van der Waals surface area contributed by atoms with Gasteiger partial charge in [0.05, 0.1) is 16.2 Å². The maximum absolute atomic E-state index is 12.2. The lowest BCUT2D eigenvalue weighted by molar-refractivity contribution is 0.00578. The van der Waals surface area contributed by atoms with Crippen LogP contribution in [-0.4, -0.2) is 42.3 Å². The van der Waals surface area contributed by atoms with Crippen LogP contribution in [-0.2, 0) is 9.31 Å². The molecule has 0 unspecified atom stereocenters. The molecule has 0 aliphatic carbocycles. The predicted octanol–water partition coefficient (Wildman–Crippen LogP) is 3.54. The molecule has 0 saturated carbocycles. The Morgan fingerprint density at radius 1 is 1.30 bits per heavy atom.